The quantitative estimate of drug-likeness (QED) is 0.676. The van der Waals surface area contributed by atoms with E-state index in [1.165, 1.54) is 5.56 Å². The molecule has 2 bridgehead atoms. The van der Waals surface area contributed by atoms with E-state index in [1.807, 2.05) is 12.1 Å². The van der Waals surface area contributed by atoms with Gasteiger partial charge in [0.1, 0.15) is 5.75 Å². The number of hydrogen-bond acceptors (Lipinski definition) is 5. The molecule has 2 aliphatic rings. The topological polar surface area (TPSA) is 54.3 Å². The van der Waals surface area contributed by atoms with Gasteiger partial charge in [0.15, 0.2) is 0 Å². The lowest BCUT2D eigenvalue weighted by atomic mass is 9.92. The van der Waals surface area contributed by atoms with Crippen LogP contribution in [0.3, 0.4) is 0 Å². The van der Waals surface area contributed by atoms with Crippen molar-refractivity contribution < 1.29 is 14.7 Å². The molecule has 2 unspecified atom stereocenters. The van der Waals surface area contributed by atoms with Crippen LogP contribution in [0, 0.1) is 0 Å². The average Bonchev–Trinajstić information content (AvgIpc) is 2.47. The molecule has 1 aromatic carbocycles. The summed E-state index contributed by atoms with van der Waals surface area (Å²) < 4.78 is 10.8. The Kier molecular flexibility index (Phi) is 3.89. The summed E-state index contributed by atoms with van der Waals surface area (Å²) in [5, 5.41) is 12.4. The SMILES string of the molecule is COc1ccc(CN2C3COCC2CC(=NO)C3)cc1. The van der Waals surface area contributed by atoms with Crippen molar-refractivity contribution in [2.75, 3.05) is 20.3 Å². The van der Waals surface area contributed by atoms with Crippen molar-refractivity contribution in [2.24, 2.45) is 5.16 Å². The van der Waals surface area contributed by atoms with E-state index in [-0.39, 0.29) is 0 Å². The molecule has 0 radical (unpaired) electrons. The molecule has 2 saturated heterocycles. The van der Waals surface area contributed by atoms with Crippen molar-refractivity contribution in [3.8, 4) is 5.75 Å². The van der Waals surface area contributed by atoms with Gasteiger partial charge in [-0.05, 0) is 17.7 Å². The third-order valence-corrected chi connectivity index (χ3v) is 4.17. The lowest BCUT2D eigenvalue weighted by Crippen LogP contribution is -2.56. The van der Waals surface area contributed by atoms with E-state index < -0.39 is 0 Å². The van der Waals surface area contributed by atoms with Gasteiger partial charge in [0.05, 0.1) is 26.0 Å². The van der Waals surface area contributed by atoms with Crippen molar-refractivity contribution >= 4 is 5.71 Å². The van der Waals surface area contributed by atoms with Crippen LogP contribution < -0.4 is 4.74 Å². The van der Waals surface area contributed by atoms with Crippen LogP contribution in [0.4, 0.5) is 0 Å². The molecule has 1 aromatic rings. The molecule has 0 spiro atoms. The van der Waals surface area contributed by atoms with E-state index in [0.717, 1.165) is 30.8 Å². The number of oxime groups is 1. The van der Waals surface area contributed by atoms with Crippen LogP contribution in [0.1, 0.15) is 18.4 Å². The first kappa shape index (κ1) is 13.4. The van der Waals surface area contributed by atoms with E-state index in [0.29, 0.717) is 25.3 Å². The molecule has 5 nitrogen and oxygen atoms in total. The van der Waals surface area contributed by atoms with Gasteiger partial charge in [0.2, 0.25) is 0 Å². The second kappa shape index (κ2) is 5.81. The average molecular weight is 276 g/mol. The number of benzene rings is 1. The maximum Gasteiger partial charge on any atom is 0.118 e. The lowest BCUT2D eigenvalue weighted by Gasteiger charge is -2.45. The molecule has 108 valence electrons. The van der Waals surface area contributed by atoms with Crippen molar-refractivity contribution in [3.05, 3.63) is 29.8 Å². The fourth-order valence-corrected chi connectivity index (χ4v) is 3.09. The minimum atomic E-state index is 0.315. The Morgan fingerprint density at radius 1 is 1.25 bits per heavy atom. The second-order valence-electron chi connectivity index (χ2n) is 5.44. The third kappa shape index (κ3) is 2.64. The maximum absolute atomic E-state index is 8.99. The minimum Gasteiger partial charge on any atom is -0.497 e. The van der Waals surface area contributed by atoms with E-state index in [1.54, 1.807) is 7.11 Å². The van der Waals surface area contributed by atoms with Crippen LogP contribution in [-0.4, -0.2) is 48.2 Å². The van der Waals surface area contributed by atoms with Crippen LogP contribution in [0.2, 0.25) is 0 Å². The highest BCUT2D eigenvalue weighted by Crippen LogP contribution is 2.28. The van der Waals surface area contributed by atoms with Gasteiger partial charge < -0.3 is 14.7 Å². The molecular weight excluding hydrogens is 256 g/mol. The number of ether oxygens (including phenoxy) is 2. The predicted molar refractivity (Wildman–Crippen MR) is 75.4 cm³/mol. The van der Waals surface area contributed by atoms with Gasteiger partial charge in [-0.25, -0.2) is 0 Å². The highest BCUT2D eigenvalue weighted by Gasteiger charge is 2.37. The predicted octanol–water partition coefficient (Wildman–Crippen LogP) is 1.89. The number of hydrogen-bond donors (Lipinski definition) is 1. The molecule has 2 aliphatic heterocycles. The summed E-state index contributed by atoms with van der Waals surface area (Å²) in [6, 6.07) is 8.82. The van der Waals surface area contributed by atoms with Crippen LogP contribution >= 0.6 is 0 Å². The van der Waals surface area contributed by atoms with Gasteiger partial charge in [0, 0.05) is 31.5 Å². The van der Waals surface area contributed by atoms with Crippen LogP contribution in [0.15, 0.2) is 29.4 Å². The number of nitrogens with zero attached hydrogens (tertiary/aromatic N) is 2. The second-order valence-corrected chi connectivity index (χ2v) is 5.44. The molecule has 20 heavy (non-hydrogen) atoms. The maximum atomic E-state index is 8.99. The first-order valence-electron chi connectivity index (χ1n) is 6.96. The fraction of sp³-hybridized carbons (Fsp3) is 0.533. The van der Waals surface area contributed by atoms with E-state index >= 15 is 0 Å². The summed E-state index contributed by atoms with van der Waals surface area (Å²) in [5.74, 6) is 0.880. The number of rotatable bonds is 3. The Labute approximate surface area is 118 Å². The molecule has 1 N–H and O–H groups in total. The van der Waals surface area contributed by atoms with Crippen LogP contribution in [0.25, 0.3) is 0 Å². The zero-order valence-corrected chi connectivity index (χ0v) is 11.7. The third-order valence-electron chi connectivity index (χ3n) is 4.17. The largest absolute Gasteiger partial charge is 0.497 e. The smallest absolute Gasteiger partial charge is 0.118 e. The summed E-state index contributed by atoms with van der Waals surface area (Å²) in [4.78, 5) is 2.47. The molecule has 0 aliphatic carbocycles. The van der Waals surface area contributed by atoms with Gasteiger partial charge in [-0.15, -0.1) is 0 Å². The Bertz CT molecular complexity index is 470. The van der Waals surface area contributed by atoms with Crippen molar-refractivity contribution in [1.82, 2.24) is 4.90 Å². The monoisotopic (exact) mass is 276 g/mol. The number of fused-ring (bicyclic) bond motifs is 2. The molecule has 5 heteroatoms. The Hall–Kier alpha value is -1.59. The zero-order chi connectivity index (χ0) is 13.9. The molecular formula is C15H20N2O3. The summed E-state index contributed by atoms with van der Waals surface area (Å²) in [5.41, 5.74) is 2.17. The van der Waals surface area contributed by atoms with Gasteiger partial charge in [-0.2, -0.15) is 0 Å². The first-order chi connectivity index (χ1) is 9.80. The standard InChI is InChI=1S/C15H20N2O3/c1-19-15-4-2-11(3-5-15)8-17-13-6-12(16-18)7-14(17)10-20-9-13/h2-5,13-14,18H,6-10H2,1H3. The van der Waals surface area contributed by atoms with Crippen LogP contribution in [0.5, 0.6) is 5.75 Å². The summed E-state index contributed by atoms with van der Waals surface area (Å²) >= 11 is 0. The van der Waals surface area contributed by atoms with E-state index in [2.05, 4.69) is 22.2 Å². The van der Waals surface area contributed by atoms with Crippen molar-refractivity contribution in [2.45, 2.75) is 31.5 Å². The number of piperidine rings is 1. The van der Waals surface area contributed by atoms with E-state index in [4.69, 9.17) is 14.7 Å². The zero-order valence-electron chi connectivity index (χ0n) is 11.7. The molecule has 2 fully saturated rings. The highest BCUT2D eigenvalue weighted by molar-refractivity contribution is 5.86. The van der Waals surface area contributed by atoms with Crippen molar-refractivity contribution in [1.29, 1.82) is 0 Å². The summed E-state index contributed by atoms with van der Waals surface area (Å²) in [6.45, 7) is 2.33. The van der Waals surface area contributed by atoms with Gasteiger partial charge in [-0.3, -0.25) is 4.90 Å². The normalized spacial score (nSPS) is 26.4. The molecule has 0 amide bonds. The fourth-order valence-electron chi connectivity index (χ4n) is 3.09. The number of morpholine rings is 1. The van der Waals surface area contributed by atoms with Gasteiger partial charge in [-0.1, -0.05) is 17.3 Å². The molecule has 3 rings (SSSR count). The van der Waals surface area contributed by atoms with Gasteiger partial charge in [0.25, 0.3) is 0 Å². The molecule has 2 atom stereocenters. The first-order valence-corrected chi connectivity index (χ1v) is 6.96. The molecule has 0 aromatic heterocycles. The Balaban J connectivity index is 1.73. The highest BCUT2D eigenvalue weighted by atomic mass is 16.5. The Morgan fingerprint density at radius 2 is 1.90 bits per heavy atom. The summed E-state index contributed by atoms with van der Waals surface area (Å²) in [7, 11) is 1.68. The van der Waals surface area contributed by atoms with E-state index in [9.17, 15) is 0 Å². The van der Waals surface area contributed by atoms with Crippen molar-refractivity contribution in [3.63, 3.8) is 0 Å². The molecule has 0 saturated carbocycles. The van der Waals surface area contributed by atoms with Gasteiger partial charge >= 0.3 is 0 Å². The minimum absolute atomic E-state index is 0.315. The number of methoxy groups -OCH3 is 1. The summed E-state index contributed by atoms with van der Waals surface area (Å²) in [6.07, 6.45) is 1.59. The lowest BCUT2D eigenvalue weighted by molar-refractivity contribution is -0.0574. The Morgan fingerprint density at radius 3 is 2.45 bits per heavy atom. The van der Waals surface area contributed by atoms with Crippen LogP contribution in [-0.2, 0) is 11.3 Å². The molecule has 2 heterocycles.